The first-order valence-electron chi connectivity index (χ1n) is 6.97. The number of hydrogen-bond donors (Lipinski definition) is 1. The number of rotatable bonds is 7. The SMILES string of the molecule is CCC[C@@H](C)NC(=O)CN(c1cc(Cl)c(Cl)cc1Cl)S(C)(=O)=O. The average Bonchev–Trinajstić information content (AvgIpc) is 2.39. The molecule has 1 rings (SSSR count). The molecule has 1 aromatic carbocycles. The molecule has 1 N–H and O–H groups in total. The van der Waals surface area contributed by atoms with Crippen LogP contribution in [0.3, 0.4) is 0 Å². The highest BCUT2D eigenvalue weighted by molar-refractivity contribution is 7.92. The third-order valence-electron chi connectivity index (χ3n) is 3.08. The Hall–Kier alpha value is -0.690. The second kappa shape index (κ2) is 8.42. The second-order valence-electron chi connectivity index (χ2n) is 5.24. The fourth-order valence-electron chi connectivity index (χ4n) is 2.04. The monoisotopic (exact) mass is 400 g/mol. The lowest BCUT2D eigenvalue weighted by atomic mass is 10.2. The third kappa shape index (κ3) is 6.03. The molecule has 1 amide bonds. The quantitative estimate of drug-likeness (QED) is 0.708. The van der Waals surface area contributed by atoms with Crippen LogP contribution in [-0.4, -0.2) is 33.2 Å². The van der Waals surface area contributed by atoms with Gasteiger partial charge in [0.15, 0.2) is 0 Å². The molecule has 0 aliphatic carbocycles. The van der Waals surface area contributed by atoms with Crippen LogP contribution in [0, 0.1) is 0 Å². The molecule has 1 atom stereocenters. The van der Waals surface area contributed by atoms with Gasteiger partial charge in [-0.1, -0.05) is 48.1 Å². The van der Waals surface area contributed by atoms with Gasteiger partial charge >= 0.3 is 0 Å². The van der Waals surface area contributed by atoms with Crippen molar-refractivity contribution in [2.75, 3.05) is 17.1 Å². The normalized spacial score (nSPS) is 12.8. The van der Waals surface area contributed by atoms with Gasteiger partial charge in [-0.2, -0.15) is 0 Å². The van der Waals surface area contributed by atoms with Crippen LogP contribution in [0.2, 0.25) is 15.1 Å². The highest BCUT2D eigenvalue weighted by atomic mass is 35.5. The summed E-state index contributed by atoms with van der Waals surface area (Å²) in [6.45, 7) is 3.48. The van der Waals surface area contributed by atoms with Crippen LogP contribution >= 0.6 is 34.8 Å². The summed E-state index contributed by atoms with van der Waals surface area (Å²) in [4.78, 5) is 12.1. The lowest BCUT2D eigenvalue weighted by Crippen LogP contribution is -2.43. The average molecular weight is 402 g/mol. The van der Waals surface area contributed by atoms with Crippen LogP contribution in [0.15, 0.2) is 12.1 Å². The van der Waals surface area contributed by atoms with Crippen molar-refractivity contribution < 1.29 is 13.2 Å². The largest absolute Gasteiger partial charge is 0.352 e. The van der Waals surface area contributed by atoms with Crippen molar-refractivity contribution in [3.63, 3.8) is 0 Å². The zero-order valence-electron chi connectivity index (χ0n) is 13.1. The molecule has 9 heteroatoms. The van der Waals surface area contributed by atoms with Crippen molar-refractivity contribution in [2.45, 2.75) is 32.7 Å². The molecule has 0 spiro atoms. The van der Waals surface area contributed by atoms with Crippen molar-refractivity contribution in [1.29, 1.82) is 0 Å². The molecule has 0 radical (unpaired) electrons. The van der Waals surface area contributed by atoms with E-state index in [2.05, 4.69) is 5.32 Å². The summed E-state index contributed by atoms with van der Waals surface area (Å²) in [5, 5.41) is 3.20. The van der Waals surface area contributed by atoms with E-state index in [0.717, 1.165) is 23.4 Å². The Morgan fingerprint density at radius 3 is 2.30 bits per heavy atom. The van der Waals surface area contributed by atoms with Crippen LogP contribution in [0.5, 0.6) is 0 Å². The van der Waals surface area contributed by atoms with Gasteiger partial charge in [-0.3, -0.25) is 9.10 Å². The predicted molar refractivity (Wildman–Crippen MR) is 96.2 cm³/mol. The molecular formula is C14H19Cl3N2O3S. The summed E-state index contributed by atoms with van der Waals surface area (Å²) in [6.07, 6.45) is 2.71. The van der Waals surface area contributed by atoms with Gasteiger partial charge in [-0.15, -0.1) is 0 Å². The van der Waals surface area contributed by atoms with Crippen molar-refractivity contribution in [3.8, 4) is 0 Å². The topological polar surface area (TPSA) is 66.5 Å². The van der Waals surface area contributed by atoms with Gasteiger partial charge in [-0.25, -0.2) is 8.42 Å². The minimum Gasteiger partial charge on any atom is -0.352 e. The van der Waals surface area contributed by atoms with E-state index in [1.54, 1.807) is 0 Å². The number of benzene rings is 1. The standard InChI is InChI=1S/C14H19Cl3N2O3S/c1-4-5-9(2)18-14(20)8-19(23(3,21)22)13-7-11(16)10(15)6-12(13)17/h6-7,9H,4-5,8H2,1-3H3,(H,18,20)/t9-/m1/s1. The van der Waals surface area contributed by atoms with Gasteiger partial charge in [0.1, 0.15) is 6.54 Å². The third-order valence-corrected chi connectivity index (χ3v) is 5.23. The van der Waals surface area contributed by atoms with Gasteiger partial charge < -0.3 is 5.32 Å². The van der Waals surface area contributed by atoms with E-state index in [1.807, 2.05) is 13.8 Å². The maximum absolute atomic E-state index is 12.1. The van der Waals surface area contributed by atoms with E-state index in [1.165, 1.54) is 12.1 Å². The molecule has 0 aromatic heterocycles. The Morgan fingerprint density at radius 2 is 1.78 bits per heavy atom. The second-order valence-corrected chi connectivity index (χ2v) is 8.37. The van der Waals surface area contributed by atoms with Gasteiger partial charge in [-0.05, 0) is 25.5 Å². The highest BCUT2D eigenvalue weighted by Gasteiger charge is 2.24. The van der Waals surface area contributed by atoms with Gasteiger partial charge in [0.25, 0.3) is 0 Å². The fourth-order valence-corrected chi connectivity index (χ4v) is 3.59. The van der Waals surface area contributed by atoms with Gasteiger partial charge in [0.05, 0.1) is 27.0 Å². The molecule has 0 aliphatic rings. The summed E-state index contributed by atoms with van der Waals surface area (Å²) in [7, 11) is -3.73. The van der Waals surface area contributed by atoms with E-state index in [0.29, 0.717) is 0 Å². The zero-order chi connectivity index (χ0) is 17.8. The minimum absolute atomic E-state index is 0.0433. The number of carbonyl (C=O) groups is 1. The molecule has 0 bridgehead atoms. The number of sulfonamides is 1. The van der Waals surface area contributed by atoms with Crippen molar-refractivity contribution >= 4 is 56.4 Å². The summed E-state index contributed by atoms with van der Waals surface area (Å²) >= 11 is 17.8. The van der Waals surface area contributed by atoms with E-state index >= 15 is 0 Å². The van der Waals surface area contributed by atoms with Crippen molar-refractivity contribution in [2.24, 2.45) is 0 Å². The lowest BCUT2D eigenvalue weighted by Gasteiger charge is -2.24. The Labute approximate surface area is 151 Å². The summed E-state index contributed by atoms with van der Waals surface area (Å²) in [5.41, 5.74) is 0.113. The predicted octanol–water partition coefficient (Wildman–Crippen LogP) is 3.72. The molecule has 5 nitrogen and oxygen atoms in total. The first-order chi connectivity index (χ1) is 10.6. The highest BCUT2D eigenvalue weighted by Crippen LogP contribution is 2.35. The van der Waals surface area contributed by atoms with Crippen molar-refractivity contribution in [3.05, 3.63) is 27.2 Å². The van der Waals surface area contributed by atoms with Crippen LogP contribution in [0.4, 0.5) is 5.69 Å². The van der Waals surface area contributed by atoms with Crippen LogP contribution < -0.4 is 9.62 Å². The molecule has 130 valence electrons. The van der Waals surface area contributed by atoms with Crippen molar-refractivity contribution in [1.82, 2.24) is 5.32 Å². The first kappa shape index (κ1) is 20.4. The lowest BCUT2D eigenvalue weighted by molar-refractivity contribution is -0.120. The summed E-state index contributed by atoms with van der Waals surface area (Å²) in [6, 6.07) is 2.63. The van der Waals surface area contributed by atoms with Gasteiger partial charge in [0, 0.05) is 6.04 Å². The molecular weight excluding hydrogens is 383 g/mol. The number of nitrogens with zero attached hydrogens (tertiary/aromatic N) is 1. The van der Waals surface area contributed by atoms with Crippen LogP contribution in [-0.2, 0) is 14.8 Å². The molecule has 23 heavy (non-hydrogen) atoms. The zero-order valence-corrected chi connectivity index (χ0v) is 16.2. The van der Waals surface area contributed by atoms with Crippen LogP contribution in [0.1, 0.15) is 26.7 Å². The maximum Gasteiger partial charge on any atom is 0.240 e. The number of halogens is 3. The van der Waals surface area contributed by atoms with E-state index in [-0.39, 0.29) is 33.3 Å². The molecule has 0 unspecified atom stereocenters. The Balaban J connectivity index is 3.08. The fraction of sp³-hybridized carbons (Fsp3) is 0.500. The Bertz CT molecular complexity index is 680. The van der Waals surface area contributed by atoms with Crippen LogP contribution in [0.25, 0.3) is 0 Å². The van der Waals surface area contributed by atoms with E-state index in [4.69, 9.17) is 34.8 Å². The molecule has 1 aromatic rings. The number of amides is 1. The first-order valence-corrected chi connectivity index (χ1v) is 9.96. The molecule has 0 heterocycles. The maximum atomic E-state index is 12.1. The minimum atomic E-state index is -3.73. The Morgan fingerprint density at radius 1 is 1.22 bits per heavy atom. The molecule has 0 saturated carbocycles. The van der Waals surface area contributed by atoms with E-state index < -0.39 is 15.9 Å². The number of carbonyl (C=O) groups excluding carboxylic acids is 1. The molecule has 0 fully saturated rings. The Kier molecular flexibility index (Phi) is 7.45. The summed E-state index contributed by atoms with van der Waals surface area (Å²) in [5.74, 6) is -0.418. The van der Waals surface area contributed by atoms with Gasteiger partial charge in [0.2, 0.25) is 15.9 Å². The summed E-state index contributed by atoms with van der Waals surface area (Å²) < 4.78 is 25.0. The smallest absolute Gasteiger partial charge is 0.240 e. The number of nitrogens with one attached hydrogen (secondary N) is 1. The number of hydrogen-bond acceptors (Lipinski definition) is 3. The molecule has 0 saturated heterocycles. The van der Waals surface area contributed by atoms with E-state index in [9.17, 15) is 13.2 Å². The molecule has 0 aliphatic heterocycles. The number of anilines is 1.